The molecule has 1 aliphatic rings. The molecular weight excluding hydrogens is 494 g/mol. The predicted octanol–water partition coefficient (Wildman–Crippen LogP) is 7.01. The third-order valence-corrected chi connectivity index (χ3v) is 6.96. The number of anilines is 3. The topological polar surface area (TPSA) is 72.5 Å². The molecule has 0 bridgehead atoms. The minimum atomic E-state index is -0.168. The standard InChI is InChI=1S/C28H27N3O3S.ClH/c1-33-25-13-10-19(17-26(25)34-2)30-28-21-7-3-4-8-23(21)31-24-12-9-18(16-22(24)28)29-27(32)14-11-20-6-5-15-35-20;/h5-6,9-17H,3-4,7-8H2,1-2H3,(H,29,32)(H,30,31);1H. The van der Waals surface area contributed by atoms with Crippen molar-refractivity contribution in [2.45, 2.75) is 25.7 Å². The number of hydrogen-bond acceptors (Lipinski definition) is 6. The van der Waals surface area contributed by atoms with Gasteiger partial charge in [-0.1, -0.05) is 6.07 Å². The van der Waals surface area contributed by atoms with E-state index in [1.54, 1.807) is 31.6 Å². The van der Waals surface area contributed by atoms with Gasteiger partial charge in [0, 0.05) is 39.5 Å². The van der Waals surface area contributed by atoms with Gasteiger partial charge in [0.05, 0.1) is 25.4 Å². The summed E-state index contributed by atoms with van der Waals surface area (Å²) in [7, 11) is 3.26. The van der Waals surface area contributed by atoms with Crippen LogP contribution in [-0.2, 0) is 17.6 Å². The minimum absolute atomic E-state index is 0. The van der Waals surface area contributed by atoms with Crippen LogP contribution in [0.1, 0.15) is 29.0 Å². The van der Waals surface area contributed by atoms with Crippen molar-refractivity contribution in [2.24, 2.45) is 0 Å². The van der Waals surface area contributed by atoms with Crippen molar-refractivity contribution in [3.05, 3.63) is 76.1 Å². The average Bonchev–Trinajstić information content (AvgIpc) is 3.41. The molecular formula is C28H28ClN3O3S. The van der Waals surface area contributed by atoms with Crippen LogP contribution in [0.25, 0.3) is 17.0 Å². The number of aryl methyl sites for hydroxylation is 1. The van der Waals surface area contributed by atoms with Gasteiger partial charge in [-0.05, 0) is 79.1 Å². The third-order valence-electron chi connectivity index (χ3n) is 6.12. The number of rotatable bonds is 7. The number of amides is 1. The fraction of sp³-hybridized carbons (Fsp3) is 0.214. The van der Waals surface area contributed by atoms with Crippen molar-refractivity contribution >= 4 is 63.7 Å². The molecule has 6 nitrogen and oxygen atoms in total. The van der Waals surface area contributed by atoms with E-state index in [1.807, 2.05) is 60.0 Å². The van der Waals surface area contributed by atoms with Crippen LogP contribution in [0, 0.1) is 0 Å². The molecule has 0 unspecified atom stereocenters. The molecule has 0 atom stereocenters. The molecule has 2 aromatic heterocycles. The smallest absolute Gasteiger partial charge is 0.248 e. The Morgan fingerprint density at radius 3 is 2.58 bits per heavy atom. The van der Waals surface area contributed by atoms with E-state index in [4.69, 9.17) is 14.5 Å². The van der Waals surface area contributed by atoms with E-state index in [9.17, 15) is 4.79 Å². The van der Waals surface area contributed by atoms with Gasteiger partial charge >= 0.3 is 0 Å². The summed E-state index contributed by atoms with van der Waals surface area (Å²) in [4.78, 5) is 18.5. The van der Waals surface area contributed by atoms with Crippen LogP contribution < -0.4 is 20.1 Å². The van der Waals surface area contributed by atoms with Crippen LogP contribution in [0.3, 0.4) is 0 Å². The monoisotopic (exact) mass is 521 g/mol. The van der Waals surface area contributed by atoms with E-state index in [1.165, 1.54) is 5.56 Å². The Hall–Kier alpha value is -3.55. The van der Waals surface area contributed by atoms with E-state index >= 15 is 0 Å². The molecule has 5 rings (SSSR count). The maximum Gasteiger partial charge on any atom is 0.248 e. The first kappa shape index (κ1) is 25.5. The van der Waals surface area contributed by atoms with E-state index < -0.39 is 0 Å². The molecule has 1 aliphatic carbocycles. The van der Waals surface area contributed by atoms with Gasteiger partial charge in [-0.15, -0.1) is 23.7 Å². The number of fused-ring (bicyclic) bond motifs is 2. The maximum atomic E-state index is 12.5. The summed E-state index contributed by atoms with van der Waals surface area (Å²) in [6.07, 6.45) is 7.59. The number of benzene rings is 2. The van der Waals surface area contributed by atoms with Crippen molar-refractivity contribution in [3.63, 3.8) is 0 Å². The molecule has 8 heteroatoms. The average molecular weight is 522 g/mol. The van der Waals surface area contributed by atoms with Crippen molar-refractivity contribution in [3.8, 4) is 11.5 Å². The number of carbonyl (C=O) groups is 1. The Labute approximate surface area is 220 Å². The number of nitrogens with one attached hydrogen (secondary N) is 2. The van der Waals surface area contributed by atoms with Crippen LogP contribution >= 0.6 is 23.7 Å². The summed E-state index contributed by atoms with van der Waals surface area (Å²) in [5.74, 6) is 1.17. The second kappa shape index (κ2) is 11.5. The van der Waals surface area contributed by atoms with E-state index in [0.29, 0.717) is 11.5 Å². The maximum absolute atomic E-state index is 12.5. The highest BCUT2D eigenvalue weighted by atomic mass is 35.5. The lowest BCUT2D eigenvalue weighted by atomic mass is 9.92. The van der Waals surface area contributed by atoms with Gasteiger partial charge in [0.1, 0.15) is 0 Å². The normalized spacial score (nSPS) is 12.6. The molecule has 0 radical (unpaired) electrons. The van der Waals surface area contributed by atoms with Crippen molar-refractivity contribution in [2.75, 3.05) is 24.9 Å². The largest absolute Gasteiger partial charge is 0.493 e. The number of thiophene rings is 1. The first-order valence-corrected chi connectivity index (χ1v) is 12.5. The van der Waals surface area contributed by atoms with Gasteiger partial charge in [0.25, 0.3) is 0 Å². The lowest BCUT2D eigenvalue weighted by molar-refractivity contribution is -0.111. The fourth-order valence-corrected chi connectivity index (χ4v) is 5.05. The number of pyridine rings is 1. The van der Waals surface area contributed by atoms with Crippen LogP contribution in [0.4, 0.5) is 17.1 Å². The highest BCUT2D eigenvalue weighted by molar-refractivity contribution is 7.10. The highest BCUT2D eigenvalue weighted by Gasteiger charge is 2.19. The van der Waals surface area contributed by atoms with Gasteiger partial charge < -0.3 is 20.1 Å². The zero-order valence-corrected chi connectivity index (χ0v) is 21.8. The highest BCUT2D eigenvalue weighted by Crippen LogP contribution is 2.38. The Morgan fingerprint density at radius 1 is 1.00 bits per heavy atom. The van der Waals surface area contributed by atoms with Crippen LogP contribution in [0.15, 0.2) is 60.0 Å². The summed E-state index contributed by atoms with van der Waals surface area (Å²) in [6.45, 7) is 0. The Balaban J connectivity index is 0.00000304. The summed E-state index contributed by atoms with van der Waals surface area (Å²) in [5.41, 5.74) is 5.94. The van der Waals surface area contributed by atoms with Crippen molar-refractivity contribution < 1.29 is 14.3 Å². The Morgan fingerprint density at radius 2 is 1.81 bits per heavy atom. The molecule has 0 saturated carbocycles. The Kier molecular flexibility index (Phi) is 8.13. The van der Waals surface area contributed by atoms with Gasteiger partial charge in [-0.2, -0.15) is 0 Å². The predicted molar refractivity (Wildman–Crippen MR) is 150 cm³/mol. The van der Waals surface area contributed by atoms with Crippen molar-refractivity contribution in [1.29, 1.82) is 0 Å². The number of halogens is 1. The number of carbonyl (C=O) groups excluding carboxylic acids is 1. The summed E-state index contributed by atoms with van der Waals surface area (Å²) >= 11 is 1.59. The molecule has 2 aromatic carbocycles. The van der Waals surface area contributed by atoms with Gasteiger partial charge in [0.15, 0.2) is 11.5 Å². The summed E-state index contributed by atoms with van der Waals surface area (Å²) in [5, 5.41) is 9.57. The van der Waals surface area contributed by atoms with Crippen LogP contribution in [-0.4, -0.2) is 25.1 Å². The molecule has 2 heterocycles. The molecule has 2 N–H and O–H groups in total. The molecule has 0 aliphatic heterocycles. The van der Waals surface area contributed by atoms with Gasteiger partial charge in [0.2, 0.25) is 5.91 Å². The molecule has 1 amide bonds. The van der Waals surface area contributed by atoms with E-state index in [-0.39, 0.29) is 18.3 Å². The van der Waals surface area contributed by atoms with E-state index in [0.717, 1.165) is 64.2 Å². The molecule has 186 valence electrons. The SMILES string of the molecule is COc1ccc(Nc2c3c(nc4ccc(NC(=O)C=Cc5cccs5)cc24)CCCC3)cc1OC.Cl. The first-order chi connectivity index (χ1) is 17.1. The molecule has 0 spiro atoms. The minimum Gasteiger partial charge on any atom is -0.493 e. The van der Waals surface area contributed by atoms with Gasteiger partial charge in [-0.25, -0.2) is 0 Å². The quantitative estimate of drug-likeness (QED) is 0.256. The second-order valence-electron chi connectivity index (χ2n) is 8.38. The molecule has 4 aromatic rings. The lowest BCUT2D eigenvalue weighted by Gasteiger charge is -2.22. The lowest BCUT2D eigenvalue weighted by Crippen LogP contribution is -2.11. The zero-order valence-electron chi connectivity index (χ0n) is 20.2. The third kappa shape index (κ3) is 5.48. The first-order valence-electron chi connectivity index (χ1n) is 11.6. The molecule has 36 heavy (non-hydrogen) atoms. The van der Waals surface area contributed by atoms with E-state index in [2.05, 4.69) is 10.6 Å². The van der Waals surface area contributed by atoms with Crippen LogP contribution in [0.5, 0.6) is 11.5 Å². The summed E-state index contributed by atoms with van der Waals surface area (Å²) in [6, 6.07) is 15.6. The number of hydrogen-bond donors (Lipinski definition) is 2. The number of nitrogens with zero attached hydrogens (tertiary/aromatic N) is 1. The van der Waals surface area contributed by atoms with Crippen LogP contribution in [0.2, 0.25) is 0 Å². The number of methoxy groups -OCH3 is 2. The zero-order chi connectivity index (χ0) is 24.2. The number of ether oxygens (including phenoxy) is 2. The second-order valence-corrected chi connectivity index (χ2v) is 9.36. The Bertz CT molecular complexity index is 1400. The van der Waals surface area contributed by atoms with Gasteiger partial charge in [-0.3, -0.25) is 9.78 Å². The summed E-state index contributed by atoms with van der Waals surface area (Å²) < 4.78 is 10.9. The fourth-order valence-electron chi connectivity index (χ4n) is 4.43. The molecule has 0 fully saturated rings. The molecule has 0 saturated heterocycles. The van der Waals surface area contributed by atoms with Crippen molar-refractivity contribution in [1.82, 2.24) is 4.98 Å². The number of aromatic nitrogens is 1.